The van der Waals surface area contributed by atoms with Gasteiger partial charge < -0.3 is 10.1 Å². The second-order valence-corrected chi connectivity index (χ2v) is 8.58. The Bertz CT molecular complexity index is 1240. The molecule has 176 valence electrons. The van der Waals surface area contributed by atoms with E-state index in [2.05, 4.69) is 32.5 Å². The van der Waals surface area contributed by atoms with Crippen molar-refractivity contribution in [3.63, 3.8) is 0 Å². The fourth-order valence-corrected chi connectivity index (χ4v) is 4.17. The average Bonchev–Trinajstić information content (AvgIpc) is 3.50. The first-order valence-corrected chi connectivity index (χ1v) is 11.7. The SMILES string of the molecule is Cn1cc(-c2cccc(-c3ncc(-c4cnn(C)c4)c(NCCCN4CCOCC4)n3)c2)cn1. The molecule has 1 saturated heterocycles. The van der Waals surface area contributed by atoms with Crippen molar-refractivity contribution in [3.8, 4) is 33.6 Å². The Hall–Kier alpha value is -3.56. The highest BCUT2D eigenvalue weighted by molar-refractivity contribution is 5.76. The fourth-order valence-electron chi connectivity index (χ4n) is 4.17. The van der Waals surface area contributed by atoms with E-state index < -0.39 is 0 Å². The van der Waals surface area contributed by atoms with Gasteiger partial charge in [-0.05, 0) is 24.6 Å². The Balaban J connectivity index is 1.38. The molecule has 0 amide bonds. The van der Waals surface area contributed by atoms with Crippen molar-refractivity contribution >= 4 is 5.82 Å². The van der Waals surface area contributed by atoms with E-state index in [1.165, 1.54) is 0 Å². The van der Waals surface area contributed by atoms with Crippen LogP contribution >= 0.6 is 0 Å². The zero-order chi connectivity index (χ0) is 23.3. The van der Waals surface area contributed by atoms with Crippen molar-refractivity contribution in [1.29, 1.82) is 0 Å². The molecule has 9 heteroatoms. The molecule has 3 aromatic heterocycles. The molecule has 0 spiro atoms. The maximum absolute atomic E-state index is 5.45. The Labute approximate surface area is 199 Å². The van der Waals surface area contributed by atoms with Gasteiger partial charge in [-0.2, -0.15) is 10.2 Å². The number of aryl methyl sites for hydroxylation is 2. The first-order valence-electron chi connectivity index (χ1n) is 11.7. The minimum absolute atomic E-state index is 0.689. The number of aromatic nitrogens is 6. The van der Waals surface area contributed by atoms with Crippen LogP contribution in [0.2, 0.25) is 0 Å². The number of nitrogens with zero attached hydrogens (tertiary/aromatic N) is 7. The maximum Gasteiger partial charge on any atom is 0.161 e. The molecule has 1 aromatic carbocycles. The molecule has 1 N–H and O–H groups in total. The van der Waals surface area contributed by atoms with Crippen LogP contribution in [0.4, 0.5) is 5.82 Å². The molecule has 5 rings (SSSR count). The Kier molecular flexibility index (Phi) is 6.64. The lowest BCUT2D eigenvalue weighted by Crippen LogP contribution is -2.37. The molecular weight excluding hydrogens is 428 g/mol. The lowest BCUT2D eigenvalue weighted by Gasteiger charge is -2.26. The van der Waals surface area contributed by atoms with Crippen LogP contribution in [-0.2, 0) is 18.8 Å². The molecule has 0 saturated carbocycles. The summed E-state index contributed by atoms with van der Waals surface area (Å²) in [6.45, 7) is 5.54. The molecule has 1 fully saturated rings. The number of benzene rings is 1. The number of nitrogens with one attached hydrogen (secondary N) is 1. The monoisotopic (exact) mass is 458 g/mol. The second kappa shape index (κ2) is 10.1. The quantitative estimate of drug-likeness (QED) is 0.406. The summed E-state index contributed by atoms with van der Waals surface area (Å²) >= 11 is 0. The maximum atomic E-state index is 5.45. The molecule has 0 bridgehead atoms. The Morgan fingerprint density at radius 1 is 0.912 bits per heavy atom. The third-order valence-corrected chi connectivity index (χ3v) is 6.01. The van der Waals surface area contributed by atoms with E-state index in [4.69, 9.17) is 14.7 Å². The molecule has 4 aromatic rings. The molecule has 4 heterocycles. The summed E-state index contributed by atoms with van der Waals surface area (Å²) < 4.78 is 9.05. The van der Waals surface area contributed by atoms with Crippen molar-refractivity contribution in [1.82, 2.24) is 34.4 Å². The number of ether oxygens (including phenoxy) is 1. The number of anilines is 1. The minimum atomic E-state index is 0.689. The van der Waals surface area contributed by atoms with Gasteiger partial charge in [0.2, 0.25) is 0 Å². The Morgan fingerprint density at radius 2 is 1.65 bits per heavy atom. The van der Waals surface area contributed by atoms with E-state index >= 15 is 0 Å². The highest BCUT2D eigenvalue weighted by atomic mass is 16.5. The number of rotatable bonds is 8. The second-order valence-electron chi connectivity index (χ2n) is 8.58. The first-order chi connectivity index (χ1) is 16.7. The molecule has 9 nitrogen and oxygen atoms in total. The summed E-state index contributed by atoms with van der Waals surface area (Å²) in [6, 6.07) is 8.26. The number of hydrogen-bond donors (Lipinski definition) is 1. The first kappa shape index (κ1) is 22.2. The van der Waals surface area contributed by atoms with Gasteiger partial charge in [-0.15, -0.1) is 0 Å². The van der Waals surface area contributed by atoms with Gasteiger partial charge in [-0.1, -0.05) is 18.2 Å². The van der Waals surface area contributed by atoms with Gasteiger partial charge in [0.25, 0.3) is 0 Å². The third kappa shape index (κ3) is 5.16. The van der Waals surface area contributed by atoms with Gasteiger partial charge in [0.05, 0.1) is 25.6 Å². The molecule has 0 unspecified atom stereocenters. The highest BCUT2D eigenvalue weighted by Gasteiger charge is 2.14. The van der Waals surface area contributed by atoms with Crippen molar-refractivity contribution in [3.05, 3.63) is 55.2 Å². The van der Waals surface area contributed by atoms with E-state index in [-0.39, 0.29) is 0 Å². The standard InChI is InChI=1S/C25H30N8O/c1-31-17-21(14-28-31)19-5-3-6-20(13-19)24-27-16-23(22-15-29-32(2)18-22)25(30-24)26-7-4-8-33-9-11-34-12-10-33/h3,5-6,13-18H,4,7-12H2,1-2H3,(H,26,27,30). The van der Waals surface area contributed by atoms with E-state index in [1.54, 1.807) is 9.36 Å². The number of hydrogen-bond acceptors (Lipinski definition) is 7. The van der Waals surface area contributed by atoms with Crippen LogP contribution in [0.15, 0.2) is 55.2 Å². The van der Waals surface area contributed by atoms with E-state index in [1.807, 2.05) is 57.2 Å². The smallest absolute Gasteiger partial charge is 0.161 e. The normalized spacial score (nSPS) is 14.4. The minimum Gasteiger partial charge on any atom is -0.379 e. The van der Waals surface area contributed by atoms with Gasteiger partial charge in [-0.25, -0.2) is 9.97 Å². The van der Waals surface area contributed by atoms with Gasteiger partial charge in [0.15, 0.2) is 5.82 Å². The fraction of sp³-hybridized carbons (Fsp3) is 0.360. The summed E-state index contributed by atoms with van der Waals surface area (Å²) in [4.78, 5) is 12.1. The van der Waals surface area contributed by atoms with Crippen LogP contribution in [0.25, 0.3) is 33.6 Å². The molecule has 1 aliphatic rings. The summed E-state index contributed by atoms with van der Waals surface area (Å²) in [5.74, 6) is 1.51. The largest absolute Gasteiger partial charge is 0.379 e. The van der Waals surface area contributed by atoms with Gasteiger partial charge >= 0.3 is 0 Å². The molecule has 34 heavy (non-hydrogen) atoms. The third-order valence-electron chi connectivity index (χ3n) is 6.01. The predicted molar refractivity (Wildman–Crippen MR) is 132 cm³/mol. The molecule has 1 aliphatic heterocycles. The summed E-state index contributed by atoms with van der Waals surface area (Å²) in [6.07, 6.45) is 10.6. The topological polar surface area (TPSA) is 85.9 Å². The van der Waals surface area contributed by atoms with Crippen LogP contribution < -0.4 is 5.32 Å². The highest BCUT2D eigenvalue weighted by Crippen LogP contribution is 2.29. The van der Waals surface area contributed by atoms with E-state index in [0.29, 0.717) is 5.82 Å². The van der Waals surface area contributed by atoms with Crippen LogP contribution in [0.5, 0.6) is 0 Å². The van der Waals surface area contributed by atoms with Gasteiger partial charge in [0.1, 0.15) is 5.82 Å². The summed E-state index contributed by atoms with van der Waals surface area (Å²) in [5.41, 5.74) is 5.07. The van der Waals surface area contributed by atoms with Crippen molar-refractivity contribution < 1.29 is 4.74 Å². The predicted octanol–water partition coefficient (Wildman–Crippen LogP) is 3.08. The lowest BCUT2D eigenvalue weighted by atomic mass is 10.1. The van der Waals surface area contributed by atoms with Crippen LogP contribution in [0.3, 0.4) is 0 Å². The Morgan fingerprint density at radius 3 is 2.38 bits per heavy atom. The molecule has 0 aliphatic carbocycles. The lowest BCUT2D eigenvalue weighted by molar-refractivity contribution is 0.0378. The zero-order valence-electron chi connectivity index (χ0n) is 19.7. The zero-order valence-corrected chi connectivity index (χ0v) is 19.7. The van der Waals surface area contributed by atoms with Crippen molar-refractivity contribution in [2.75, 3.05) is 44.7 Å². The molecule has 0 atom stereocenters. The molecule has 0 radical (unpaired) electrons. The van der Waals surface area contributed by atoms with E-state index in [9.17, 15) is 0 Å². The van der Waals surface area contributed by atoms with E-state index in [0.717, 1.165) is 79.4 Å². The summed E-state index contributed by atoms with van der Waals surface area (Å²) in [7, 11) is 3.84. The summed E-state index contributed by atoms with van der Waals surface area (Å²) in [5, 5.41) is 12.2. The van der Waals surface area contributed by atoms with Crippen LogP contribution in [0, 0.1) is 0 Å². The van der Waals surface area contributed by atoms with Gasteiger partial charge in [0, 0.05) is 74.6 Å². The average molecular weight is 459 g/mol. The molecular formula is C25H30N8O. The van der Waals surface area contributed by atoms with Crippen molar-refractivity contribution in [2.45, 2.75) is 6.42 Å². The van der Waals surface area contributed by atoms with Crippen molar-refractivity contribution in [2.24, 2.45) is 14.1 Å². The van der Waals surface area contributed by atoms with Crippen LogP contribution in [-0.4, -0.2) is 73.8 Å². The van der Waals surface area contributed by atoms with Gasteiger partial charge in [-0.3, -0.25) is 14.3 Å². The van der Waals surface area contributed by atoms with Crippen LogP contribution in [0.1, 0.15) is 6.42 Å². The number of morpholine rings is 1.